The van der Waals surface area contributed by atoms with Crippen LogP contribution in [0.2, 0.25) is 10.0 Å². The zero-order valence-corrected chi connectivity index (χ0v) is 19.9. The van der Waals surface area contributed by atoms with Gasteiger partial charge in [-0.15, -0.1) is 0 Å². The molecule has 34 heavy (non-hydrogen) atoms. The van der Waals surface area contributed by atoms with E-state index in [1.165, 1.54) is 29.3 Å². The number of carbonyl (C=O) groups is 2. The van der Waals surface area contributed by atoms with E-state index >= 15 is 0 Å². The molecule has 6 nitrogen and oxygen atoms in total. The number of anilines is 1. The number of hydrogen-bond acceptors (Lipinski definition) is 4. The van der Waals surface area contributed by atoms with Gasteiger partial charge in [-0.1, -0.05) is 29.3 Å². The fourth-order valence-corrected chi connectivity index (χ4v) is 3.88. The fraction of sp³-hybridized carbons (Fsp3) is 0.240. The number of carbonyl (C=O) groups excluding carboxylic acids is 2. The minimum atomic E-state index is -0.579. The Morgan fingerprint density at radius 3 is 2.62 bits per heavy atom. The Hall–Kier alpha value is -3.16. The van der Waals surface area contributed by atoms with Crippen molar-refractivity contribution >= 4 is 40.8 Å². The first-order chi connectivity index (χ1) is 16.2. The van der Waals surface area contributed by atoms with Gasteiger partial charge < -0.3 is 10.5 Å². The number of likely N-dealkylation sites (N-methyl/N-ethyl adjacent to an activating group) is 1. The van der Waals surface area contributed by atoms with Crippen molar-refractivity contribution in [2.45, 2.75) is 19.3 Å². The van der Waals surface area contributed by atoms with E-state index in [9.17, 15) is 14.0 Å². The van der Waals surface area contributed by atoms with Crippen molar-refractivity contribution in [3.8, 4) is 16.9 Å². The van der Waals surface area contributed by atoms with Crippen LogP contribution in [0.1, 0.15) is 28.8 Å². The number of primary amides is 1. The quantitative estimate of drug-likeness (QED) is 0.454. The van der Waals surface area contributed by atoms with E-state index in [0.29, 0.717) is 40.0 Å². The van der Waals surface area contributed by atoms with Crippen molar-refractivity contribution in [1.29, 1.82) is 0 Å². The van der Waals surface area contributed by atoms with Crippen molar-refractivity contribution < 1.29 is 18.7 Å². The molecule has 4 rings (SSSR count). The molecule has 0 spiro atoms. The lowest BCUT2D eigenvalue weighted by molar-refractivity contribution is -0.117. The minimum Gasteiger partial charge on any atom is -0.489 e. The van der Waals surface area contributed by atoms with Gasteiger partial charge in [0, 0.05) is 45.5 Å². The molecule has 1 aliphatic carbocycles. The van der Waals surface area contributed by atoms with Crippen LogP contribution in [-0.2, 0) is 11.2 Å². The van der Waals surface area contributed by atoms with Gasteiger partial charge in [0.1, 0.15) is 5.82 Å². The second kappa shape index (κ2) is 9.99. The van der Waals surface area contributed by atoms with Crippen molar-refractivity contribution in [3.05, 3.63) is 75.7 Å². The van der Waals surface area contributed by atoms with Crippen molar-refractivity contribution in [2.75, 3.05) is 18.6 Å². The van der Waals surface area contributed by atoms with Gasteiger partial charge >= 0.3 is 0 Å². The van der Waals surface area contributed by atoms with E-state index in [-0.39, 0.29) is 22.8 Å². The summed E-state index contributed by atoms with van der Waals surface area (Å²) in [6, 6.07) is 10.7. The molecule has 0 aliphatic heterocycles. The van der Waals surface area contributed by atoms with Crippen molar-refractivity contribution in [2.24, 2.45) is 11.7 Å². The maximum Gasteiger partial charge on any atom is 0.248 e. The molecule has 2 amide bonds. The average Bonchev–Trinajstić information content (AvgIpc) is 3.64. The highest BCUT2D eigenvalue weighted by atomic mass is 35.5. The molecule has 1 saturated carbocycles. The SMILES string of the molecule is CN(C(=O)Cc1c(F)cccc1Cl)c1ncc(-c2cc(C(N)=O)ccc2Cl)cc1OCC1CC1. The smallest absolute Gasteiger partial charge is 0.248 e. The number of benzene rings is 2. The van der Waals surface area contributed by atoms with E-state index in [4.69, 9.17) is 33.7 Å². The topological polar surface area (TPSA) is 85.5 Å². The van der Waals surface area contributed by atoms with Crippen LogP contribution < -0.4 is 15.4 Å². The van der Waals surface area contributed by atoms with Crippen LogP contribution >= 0.6 is 23.2 Å². The normalized spacial score (nSPS) is 12.9. The zero-order valence-electron chi connectivity index (χ0n) is 18.4. The standard InChI is InChI=1S/C25H22Cl2FN3O3/c1-31(23(32)11-18-19(26)3-2-4-21(18)28)25-22(34-13-14-5-6-14)10-16(12-30-25)17-9-15(24(29)33)7-8-20(17)27/h2-4,7-10,12,14H,5-6,11,13H2,1H3,(H2,29,33). The summed E-state index contributed by atoms with van der Waals surface area (Å²) in [6.07, 6.45) is 3.45. The van der Waals surface area contributed by atoms with E-state index in [2.05, 4.69) is 4.98 Å². The van der Waals surface area contributed by atoms with Gasteiger partial charge in [0.25, 0.3) is 0 Å². The molecular formula is C25H22Cl2FN3O3. The Morgan fingerprint density at radius 2 is 1.94 bits per heavy atom. The number of nitrogens with two attached hydrogens (primary N) is 1. The first-order valence-corrected chi connectivity index (χ1v) is 11.4. The Balaban J connectivity index is 1.67. The molecule has 0 saturated heterocycles. The average molecular weight is 502 g/mol. The number of ether oxygens (including phenoxy) is 1. The van der Waals surface area contributed by atoms with Crippen LogP contribution in [0, 0.1) is 11.7 Å². The van der Waals surface area contributed by atoms with Gasteiger partial charge in [-0.3, -0.25) is 14.5 Å². The van der Waals surface area contributed by atoms with Crippen LogP contribution in [0.4, 0.5) is 10.2 Å². The van der Waals surface area contributed by atoms with Crippen LogP contribution in [0.3, 0.4) is 0 Å². The number of halogens is 3. The number of hydrogen-bond donors (Lipinski definition) is 1. The molecule has 9 heteroatoms. The summed E-state index contributed by atoms with van der Waals surface area (Å²) in [5.41, 5.74) is 6.98. The summed E-state index contributed by atoms with van der Waals surface area (Å²) in [7, 11) is 1.55. The summed E-state index contributed by atoms with van der Waals surface area (Å²) < 4.78 is 20.2. The van der Waals surface area contributed by atoms with Gasteiger partial charge in [0.05, 0.1) is 13.0 Å². The van der Waals surface area contributed by atoms with E-state index in [1.54, 1.807) is 31.3 Å². The van der Waals surface area contributed by atoms with Crippen LogP contribution in [0.25, 0.3) is 11.1 Å². The third kappa shape index (κ3) is 5.32. The molecule has 0 bridgehead atoms. The first kappa shape index (κ1) is 24.0. The predicted octanol–water partition coefficient (Wildman–Crippen LogP) is 5.29. The van der Waals surface area contributed by atoms with Crippen molar-refractivity contribution in [1.82, 2.24) is 4.98 Å². The Labute approximate surface area is 206 Å². The molecule has 1 aromatic heterocycles. The second-order valence-corrected chi connectivity index (χ2v) is 9.00. The minimum absolute atomic E-state index is 0.119. The van der Waals surface area contributed by atoms with E-state index in [1.807, 2.05) is 0 Å². The third-order valence-corrected chi connectivity index (χ3v) is 6.33. The summed E-state index contributed by atoms with van der Waals surface area (Å²) in [5.74, 6) is -0.421. The maximum atomic E-state index is 14.2. The molecular weight excluding hydrogens is 480 g/mol. The molecule has 1 fully saturated rings. The Morgan fingerprint density at radius 1 is 1.18 bits per heavy atom. The first-order valence-electron chi connectivity index (χ1n) is 10.7. The molecule has 1 aliphatic rings. The second-order valence-electron chi connectivity index (χ2n) is 8.19. The number of amides is 2. The van der Waals surface area contributed by atoms with Crippen molar-refractivity contribution in [3.63, 3.8) is 0 Å². The largest absolute Gasteiger partial charge is 0.489 e. The maximum absolute atomic E-state index is 14.2. The summed E-state index contributed by atoms with van der Waals surface area (Å²) in [5, 5.41) is 0.588. The lowest BCUT2D eigenvalue weighted by Crippen LogP contribution is -2.29. The lowest BCUT2D eigenvalue weighted by Gasteiger charge is -2.21. The van der Waals surface area contributed by atoms with E-state index in [0.717, 1.165) is 12.8 Å². The molecule has 1 heterocycles. The van der Waals surface area contributed by atoms with Gasteiger partial charge in [0.15, 0.2) is 11.6 Å². The van der Waals surface area contributed by atoms with Crippen LogP contribution in [0.5, 0.6) is 5.75 Å². The molecule has 2 aromatic carbocycles. The molecule has 0 atom stereocenters. The molecule has 0 radical (unpaired) electrons. The number of rotatable bonds is 8. The highest BCUT2D eigenvalue weighted by Gasteiger charge is 2.25. The number of pyridine rings is 1. The molecule has 3 aromatic rings. The Bertz CT molecular complexity index is 1240. The fourth-order valence-electron chi connectivity index (χ4n) is 3.42. The van der Waals surface area contributed by atoms with E-state index < -0.39 is 17.6 Å². The van der Waals surface area contributed by atoms with Gasteiger partial charge in [-0.2, -0.15) is 0 Å². The van der Waals surface area contributed by atoms with Gasteiger partial charge in [-0.05, 0) is 55.2 Å². The monoisotopic (exact) mass is 501 g/mol. The summed E-state index contributed by atoms with van der Waals surface area (Å²) in [6.45, 7) is 0.481. The Kier molecular flexibility index (Phi) is 7.05. The lowest BCUT2D eigenvalue weighted by atomic mass is 10.0. The number of nitrogens with zero attached hydrogens (tertiary/aromatic N) is 2. The van der Waals surface area contributed by atoms with Gasteiger partial charge in [-0.25, -0.2) is 9.37 Å². The zero-order chi connectivity index (χ0) is 24.4. The molecule has 0 unspecified atom stereocenters. The highest BCUT2D eigenvalue weighted by Crippen LogP contribution is 2.37. The molecule has 176 valence electrons. The van der Waals surface area contributed by atoms with Crippen LogP contribution in [-0.4, -0.2) is 30.5 Å². The number of aromatic nitrogens is 1. The van der Waals surface area contributed by atoms with Gasteiger partial charge in [0.2, 0.25) is 11.8 Å². The summed E-state index contributed by atoms with van der Waals surface area (Å²) >= 11 is 12.5. The predicted molar refractivity (Wildman–Crippen MR) is 130 cm³/mol. The third-order valence-electron chi connectivity index (χ3n) is 5.65. The molecule has 2 N–H and O–H groups in total. The highest BCUT2D eigenvalue weighted by molar-refractivity contribution is 6.33. The van der Waals surface area contributed by atoms with Crippen LogP contribution in [0.15, 0.2) is 48.7 Å². The summed E-state index contributed by atoms with van der Waals surface area (Å²) in [4.78, 5) is 30.4.